The van der Waals surface area contributed by atoms with Crippen LogP contribution in [-0.2, 0) is 17.7 Å². The van der Waals surface area contributed by atoms with Gasteiger partial charge < -0.3 is 4.84 Å². The zero-order valence-corrected chi connectivity index (χ0v) is 13.9. The van der Waals surface area contributed by atoms with Crippen LogP contribution in [-0.4, -0.2) is 16.7 Å². The largest absolute Gasteiger partial charge is 0.314 e. The van der Waals surface area contributed by atoms with Crippen LogP contribution in [0, 0.1) is 23.0 Å². The Balaban J connectivity index is 2.07. The fourth-order valence-corrected chi connectivity index (χ4v) is 3.30. The third-order valence-corrected chi connectivity index (χ3v) is 4.53. The van der Waals surface area contributed by atoms with Crippen LogP contribution in [0.5, 0.6) is 0 Å². The molecule has 0 atom stereocenters. The Morgan fingerprint density at radius 1 is 1.32 bits per heavy atom. The van der Waals surface area contributed by atoms with Gasteiger partial charge in [0.1, 0.15) is 11.6 Å². The number of rotatable bonds is 7. The van der Waals surface area contributed by atoms with Crippen molar-refractivity contribution in [1.29, 1.82) is 0 Å². The molecule has 2 aromatic rings. The number of aryl methyl sites for hydroxylation is 1. The van der Waals surface area contributed by atoms with Gasteiger partial charge in [0.15, 0.2) is 0 Å². The highest BCUT2D eigenvalue weighted by molar-refractivity contribution is 7.15. The normalized spacial score (nSPS) is 10.9. The first-order valence-corrected chi connectivity index (χ1v) is 8.10. The van der Waals surface area contributed by atoms with E-state index in [0.29, 0.717) is 12.3 Å². The minimum Gasteiger partial charge on any atom is -0.314 e. The molecule has 0 amide bonds. The Labute approximate surface area is 134 Å². The lowest BCUT2D eigenvalue weighted by Gasteiger charge is -2.05. The van der Waals surface area contributed by atoms with E-state index in [1.54, 1.807) is 11.3 Å². The molecule has 0 fully saturated rings. The Kier molecular flexibility index (Phi) is 5.49. The standard InChI is InChI=1S/C16H20N2O3S/c1-11(2)10-13-4-6-14(7-5-13)16-17-12(3)15(22-16)8-9-21-18(19)20/h4-7,11H,8-10H2,1-3H3. The highest BCUT2D eigenvalue weighted by Crippen LogP contribution is 2.28. The second kappa shape index (κ2) is 7.35. The molecule has 2 rings (SSSR count). The minimum atomic E-state index is -0.759. The van der Waals surface area contributed by atoms with Crippen LogP contribution in [0.4, 0.5) is 0 Å². The van der Waals surface area contributed by atoms with E-state index in [9.17, 15) is 10.1 Å². The summed E-state index contributed by atoms with van der Waals surface area (Å²) in [6.07, 6.45) is 1.58. The maximum atomic E-state index is 10.2. The molecule has 1 aromatic heterocycles. The molecule has 0 aliphatic carbocycles. The maximum absolute atomic E-state index is 10.2. The zero-order chi connectivity index (χ0) is 16.1. The molecule has 22 heavy (non-hydrogen) atoms. The van der Waals surface area contributed by atoms with Gasteiger partial charge in [-0.2, -0.15) is 0 Å². The minimum absolute atomic E-state index is 0.0722. The summed E-state index contributed by atoms with van der Waals surface area (Å²) in [6.45, 7) is 6.41. The molecular formula is C16H20N2O3S. The van der Waals surface area contributed by atoms with Crippen molar-refractivity contribution in [2.45, 2.75) is 33.6 Å². The Morgan fingerprint density at radius 3 is 2.59 bits per heavy atom. The van der Waals surface area contributed by atoms with Crippen molar-refractivity contribution in [2.24, 2.45) is 5.92 Å². The molecule has 0 bridgehead atoms. The van der Waals surface area contributed by atoms with Crippen molar-refractivity contribution < 1.29 is 9.92 Å². The van der Waals surface area contributed by atoms with Gasteiger partial charge in [0.05, 0.1) is 5.69 Å². The van der Waals surface area contributed by atoms with E-state index < -0.39 is 5.09 Å². The molecule has 0 unspecified atom stereocenters. The monoisotopic (exact) mass is 320 g/mol. The lowest BCUT2D eigenvalue weighted by atomic mass is 10.0. The van der Waals surface area contributed by atoms with Gasteiger partial charge in [-0.15, -0.1) is 21.5 Å². The van der Waals surface area contributed by atoms with Gasteiger partial charge in [0.2, 0.25) is 0 Å². The van der Waals surface area contributed by atoms with Crippen LogP contribution < -0.4 is 0 Å². The molecule has 118 valence electrons. The Morgan fingerprint density at radius 2 is 2.00 bits per heavy atom. The summed E-state index contributed by atoms with van der Waals surface area (Å²) in [6, 6.07) is 8.46. The molecule has 5 nitrogen and oxygen atoms in total. The number of thiazole rings is 1. The van der Waals surface area contributed by atoms with Crippen molar-refractivity contribution in [3.05, 3.63) is 50.5 Å². The van der Waals surface area contributed by atoms with E-state index in [2.05, 4.69) is 47.9 Å². The van der Waals surface area contributed by atoms with Crippen LogP contribution in [0.2, 0.25) is 0 Å². The molecule has 0 aliphatic rings. The highest BCUT2D eigenvalue weighted by atomic mass is 32.1. The predicted octanol–water partition coefficient (Wildman–Crippen LogP) is 4.07. The van der Waals surface area contributed by atoms with E-state index in [-0.39, 0.29) is 6.61 Å². The summed E-state index contributed by atoms with van der Waals surface area (Å²) >= 11 is 1.57. The van der Waals surface area contributed by atoms with Crippen LogP contribution in [0.3, 0.4) is 0 Å². The zero-order valence-electron chi connectivity index (χ0n) is 13.0. The second-order valence-corrected chi connectivity index (χ2v) is 6.71. The van der Waals surface area contributed by atoms with Crippen molar-refractivity contribution in [1.82, 2.24) is 4.98 Å². The summed E-state index contributed by atoms with van der Waals surface area (Å²) in [7, 11) is 0. The quantitative estimate of drug-likeness (QED) is 0.570. The fourth-order valence-electron chi connectivity index (χ4n) is 2.25. The fraction of sp³-hybridized carbons (Fsp3) is 0.438. The van der Waals surface area contributed by atoms with Crippen molar-refractivity contribution in [3.63, 3.8) is 0 Å². The van der Waals surface area contributed by atoms with Crippen molar-refractivity contribution >= 4 is 11.3 Å². The average molecular weight is 320 g/mol. The molecule has 1 aromatic carbocycles. The number of aromatic nitrogens is 1. The van der Waals surface area contributed by atoms with E-state index in [1.165, 1.54) is 5.56 Å². The van der Waals surface area contributed by atoms with Gasteiger partial charge in [-0.3, -0.25) is 0 Å². The van der Waals surface area contributed by atoms with Crippen molar-refractivity contribution in [2.75, 3.05) is 6.61 Å². The van der Waals surface area contributed by atoms with Gasteiger partial charge >= 0.3 is 0 Å². The molecule has 0 N–H and O–H groups in total. The second-order valence-electron chi connectivity index (χ2n) is 5.63. The molecule has 1 heterocycles. The lowest BCUT2D eigenvalue weighted by Crippen LogP contribution is -2.04. The summed E-state index contributed by atoms with van der Waals surface area (Å²) in [4.78, 5) is 20.1. The lowest BCUT2D eigenvalue weighted by molar-refractivity contribution is -0.757. The molecule has 0 saturated carbocycles. The SMILES string of the molecule is Cc1nc(-c2ccc(CC(C)C)cc2)sc1CCO[N+](=O)[O-]. The van der Waals surface area contributed by atoms with Gasteiger partial charge in [-0.05, 0) is 24.8 Å². The molecule has 0 radical (unpaired) electrons. The van der Waals surface area contributed by atoms with Crippen LogP contribution >= 0.6 is 11.3 Å². The third kappa shape index (κ3) is 4.53. The topological polar surface area (TPSA) is 65.3 Å². The summed E-state index contributed by atoms with van der Waals surface area (Å²) in [5.41, 5.74) is 3.33. The molecule has 6 heteroatoms. The van der Waals surface area contributed by atoms with Crippen LogP contribution in [0.1, 0.15) is 30.0 Å². The van der Waals surface area contributed by atoms with E-state index >= 15 is 0 Å². The number of hydrogen-bond donors (Lipinski definition) is 0. The van der Waals surface area contributed by atoms with Gasteiger partial charge in [-0.25, -0.2) is 4.98 Å². The van der Waals surface area contributed by atoms with Gasteiger partial charge in [0, 0.05) is 16.9 Å². The third-order valence-electron chi connectivity index (χ3n) is 3.26. The van der Waals surface area contributed by atoms with Crippen LogP contribution in [0.25, 0.3) is 10.6 Å². The van der Waals surface area contributed by atoms with Gasteiger partial charge in [-0.1, -0.05) is 38.1 Å². The number of benzene rings is 1. The molecule has 0 saturated heterocycles. The first-order valence-electron chi connectivity index (χ1n) is 7.28. The Bertz CT molecular complexity index is 635. The predicted molar refractivity (Wildman–Crippen MR) is 87.5 cm³/mol. The Hall–Kier alpha value is -1.95. The van der Waals surface area contributed by atoms with E-state index in [1.807, 2.05) is 6.92 Å². The summed E-state index contributed by atoms with van der Waals surface area (Å²) in [5.74, 6) is 0.640. The number of hydrogen-bond acceptors (Lipinski definition) is 5. The van der Waals surface area contributed by atoms with E-state index in [0.717, 1.165) is 27.6 Å². The highest BCUT2D eigenvalue weighted by Gasteiger charge is 2.10. The maximum Gasteiger partial charge on any atom is 0.294 e. The molecule has 0 aliphatic heterocycles. The smallest absolute Gasteiger partial charge is 0.294 e. The van der Waals surface area contributed by atoms with Crippen molar-refractivity contribution in [3.8, 4) is 10.6 Å². The van der Waals surface area contributed by atoms with E-state index in [4.69, 9.17) is 0 Å². The summed E-state index contributed by atoms with van der Waals surface area (Å²) < 4.78 is 0. The first-order chi connectivity index (χ1) is 10.5. The van der Waals surface area contributed by atoms with Crippen LogP contribution in [0.15, 0.2) is 24.3 Å². The average Bonchev–Trinajstić information content (AvgIpc) is 2.80. The first kappa shape index (κ1) is 16.4. The molecular weight excluding hydrogens is 300 g/mol. The van der Waals surface area contributed by atoms with Gasteiger partial charge in [0.25, 0.3) is 5.09 Å². The number of nitrogens with zero attached hydrogens (tertiary/aromatic N) is 2. The molecule has 0 spiro atoms. The summed E-state index contributed by atoms with van der Waals surface area (Å²) in [5, 5.41) is 10.4.